The van der Waals surface area contributed by atoms with Crippen molar-refractivity contribution in [2.75, 3.05) is 13.2 Å². The molecule has 186 valence electrons. The van der Waals surface area contributed by atoms with Crippen LogP contribution in [-0.2, 0) is 19.1 Å². The summed E-state index contributed by atoms with van der Waals surface area (Å²) < 4.78 is 14.3. The highest BCUT2D eigenvalue weighted by molar-refractivity contribution is 9.10. The molecule has 2 N–H and O–H groups in total. The van der Waals surface area contributed by atoms with E-state index in [9.17, 15) is 14.4 Å². The number of benzene rings is 2. The van der Waals surface area contributed by atoms with E-state index in [1.807, 2.05) is 24.3 Å². The van der Waals surface area contributed by atoms with Gasteiger partial charge in [0.05, 0.1) is 34.8 Å². The van der Waals surface area contributed by atoms with Gasteiger partial charge in [-0.2, -0.15) is 0 Å². The van der Waals surface area contributed by atoms with Gasteiger partial charge in [-0.05, 0) is 55.3 Å². The lowest BCUT2D eigenvalue weighted by Crippen LogP contribution is -2.42. The summed E-state index contributed by atoms with van der Waals surface area (Å²) in [5.74, 6) is -2.28. The number of halogens is 2. The predicted octanol–water partition coefficient (Wildman–Crippen LogP) is 3.47. The molecular formula is C26H22Br2N2O5S. The summed E-state index contributed by atoms with van der Waals surface area (Å²) >= 11 is 7.94. The number of hydrogen-bond donors (Lipinski definition) is 1. The van der Waals surface area contributed by atoms with Gasteiger partial charge in [-0.15, -0.1) is 11.3 Å². The highest BCUT2D eigenvalue weighted by atomic mass is 79.9. The second-order valence-corrected chi connectivity index (χ2v) is 10.6. The average Bonchev–Trinajstić information content (AvgIpc) is 3.17. The fourth-order valence-electron chi connectivity index (χ4n) is 3.96. The Morgan fingerprint density at radius 3 is 2.03 bits per heavy atom. The molecule has 0 aliphatic carbocycles. The quantitative estimate of drug-likeness (QED) is 0.418. The minimum Gasteiger partial charge on any atom is -0.463 e. The first-order chi connectivity index (χ1) is 17.3. The van der Waals surface area contributed by atoms with E-state index in [2.05, 4.69) is 31.9 Å². The molecule has 4 rings (SSSR count). The topological polar surface area (TPSA) is 101 Å². The highest BCUT2D eigenvalue weighted by Gasteiger charge is 2.39. The zero-order valence-electron chi connectivity index (χ0n) is 19.4. The first-order valence-corrected chi connectivity index (χ1v) is 13.5. The van der Waals surface area contributed by atoms with Crippen LogP contribution in [0.1, 0.15) is 30.9 Å². The van der Waals surface area contributed by atoms with Gasteiger partial charge in [-0.1, -0.05) is 56.1 Å². The molecule has 2 aromatic carbocycles. The summed E-state index contributed by atoms with van der Waals surface area (Å²) in [7, 11) is 0. The highest BCUT2D eigenvalue weighted by Crippen LogP contribution is 2.38. The molecule has 2 heterocycles. The molecule has 1 aliphatic rings. The second kappa shape index (κ2) is 11.0. The molecule has 3 aromatic rings. The first kappa shape index (κ1) is 26.1. The molecule has 7 nitrogen and oxygen atoms in total. The molecule has 0 saturated heterocycles. The lowest BCUT2D eigenvalue weighted by Gasteiger charge is -2.27. The lowest BCUT2D eigenvalue weighted by molar-refractivity contribution is -0.138. The molecule has 0 fully saturated rings. The SMILES string of the molecule is CCOC(=O)C1=C(N)n2c(s/c(=C\c3ccc(Br)cc3)c2=O)=C(C(=O)OCC)C1c1ccc(Br)cc1. The molecule has 0 bridgehead atoms. The van der Waals surface area contributed by atoms with Gasteiger partial charge in [0.15, 0.2) is 0 Å². The number of carbonyl (C=O) groups excluding carboxylic acids is 2. The number of rotatable bonds is 6. The third-order valence-electron chi connectivity index (χ3n) is 5.51. The van der Waals surface area contributed by atoms with Gasteiger partial charge in [-0.25, -0.2) is 9.59 Å². The maximum absolute atomic E-state index is 13.5. The van der Waals surface area contributed by atoms with Crippen LogP contribution in [0.15, 0.2) is 67.8 Å². The van der Waals surface area contributed by atoms with E-state index in [1.165, 1.54) is 4.57 Å². The van der Waals surface area contributed by atoms with Crippen molar-refractivity contribution in [3.63, 3.8) is 0 Å². The van der Waals surface area contributed by atoms with Crippen LogP contribution in [0.3, 0.4) is 0 Å². The van der Waals surface area contributed by atoms with Crippen molar-refractivity contribution >= 4 is 72.6 Å². The van der Waals surface area contributed by atoms with Crippen LogP contribution < -0.4 is 20.5 Å². The summed E-state index contributed by atoms with van der Waals surface area (Å²) in [5, 5.41) is 0. The van der Waals surface area contributed by atoms with Crippen molar-refractivity contribution in [1.82, 2.24) is 4.57 Å². The third-order valence-corrected chi connectivity index (χ3v) is 7.68. The van der Waals surface area contributed by atoms with Gasteiger partial charge in [0.1, 0.15) is 10.5 Å². The Labute approximate surface area is 227 Å². The van der Waals surface area contributed by atoms with Crippen molar-refractivity contribution in [1.29, 1.82) is 0 Å². The van der Waals surface area contributed by atoms with Crippen LogP contribution in [0.5, 0.6) is 0 Å². The van der Waals surface area contributed by atoms with Crippen LogP contribution in [-0.4, -0.2) is 29.7 Å². The minimum absolute atomic E-state index is 0.0183. The summed E-state index contributed by atoms with van der Waals surface area (Å²) in [5.41, 5.74) is 7.67. The number of nitrogens with zero attached hydrogens (tertiary/aromatic N) is 1. The summed E-state index contributed by atoms with van der Waals surface area (Å²) in [6, 6.07) is 14.6. The zero-order chi connectivity index (χ0) is 26.0. The Morgan fingerprint density at radius 1 is 0.944 bits per heavy atom. The van der Waals surface area contributed by atoms with Crippen molar-refractivity contribution < 1.29 is 19.1 Å². The predicted molar refractivity (Wildman–Crippen MR) is 146 cm³/mol. The zero-order valence-corrected chi connectivity index (χ0v) is 23.4. The number of carbonyl (C=O) groups is 2. The number of fused-ring (bicyclic) bond motifs is 1. The Morgan fingerprint density at radius 2 is 1.47 bits per heavy atom. The largest absolute Gasteiger partial charge is 0.463 e. The van der Waals surface area contributed by atoms with E-state index in [0.29, 0.717) is 14.8 Å². The molecule has 10 heteroatoms. The van der Waals surface area contributed by atoms with E-state index < -0.39 is 23.4 Å². The molecule has 0 amide bonds. The second-order valence-electron chi connectivity index (χ2n) is 7.75. The Kier molecular flexibility index (Phi) is 7.97. The van der Waals surface area contributed by atoms with E-state index in [1.54, 1.807) is 44.2 Å². The third kappa shape index (κ3) is 4.98. The number of thiazole rings is 1. The number of ether oxygens (including phenoxy) is 2. The monoisotopic (exact) mass is 632 g/mol. The standard InChI is InChI=1S/C26H22Br2N2O5S/c1-3-34-25(32)20-19(15-7-11-17(28)12-8-15)21(26(33)35-4-2)24-30(22(20)29)23(31)18(36-24)13-14-5-9-16(27)10-6-14/h5-13,19H,3-4,29H2,1-2H3/b18-13-. The minimum atomic E-state index is -0.880. The van der Waals surface area contributed by atoms with Crippen LogP contribution in [0.4, 0.5) is 0 Å². The van der Waals surface area contributed by atoms with Gasteiger partial charge in [0.2, 0.25) is 0 Å². The first-order valence-electron chi connectivity index (χ1n) is 11.1. The Hall–Kier alpha value is -2.95. The summed E-state index contributed by atoms with van der Waals surface area (Å²) in [6.07, 6.45) is 1.72. The van der Waals surface area contributed by atoms with Crippen molar-refractivity contribution in [2.45, 2.75) is 19.8 Å². The Bertz CT molecular complexity index is 1540. The number of hydrogen-bond acceptors (Lipinski definition) is 7. The van der Waals surface area contributed by atoms with Crippen LogP contribution >= 0.6 is 43.2 Å². The molecule has 1 aliphatic heterocycles. The average molecular weight is 634 g/mol. The fourth-order valence-corrected chi connectivity index (χ4v) is 5.66. The van der Waals surface area contributed by atoms with Crippen LogP contribution in [0.2, 0.25) is 0 Å². The number of aromatic nitrogens is 1. The van der Waals surface area contributed by atoms with Crippen LogP contribution in [0, 0.1) is 0 Å². The maximum atomic E-state index is 13.5. The number of nitrogens with two attached hydrogens (primary N) is 1. The summed E-state index contributed by atoms with van der Waals surface area (Å²) in [6.45, 7) is 3.60. The van der Waals surface area contributed by atoms with Gasteiger partial charge in [0.25, 0.3) is 5.56 Å². The molecule has 1 atom stereocenters. The molecule has 36 heavy (non-hydrogen) atoms. The lowest BCUT2D eigenvalue weighted by atomic mass is 9.83. The smallest absolute Gasteiger partial charge is 0.338 e. The van der Waals surface area contributed by atoms with Crippen LogP contribution in [0.25, 0.3) is 17.5 Å². The van der Waals surface area contributed by atoms with Gasteiger partial charge >= 0.3 is 11.9 Å². The molecule has 1 unspecified atom stereocenters. The molecular weight excluding hydrogens is 612 g/mol. The van der Waals surface area contributed by atoms with Gasteiger partial charge < -0.3 is 15.2 Å². The van der Waals surface area contributed by atoms with Crippen molar-refractivity contribution in [3.05, 3.63) is 93.7 Å². The van der Waals surface area contributed by atoms with Crippen molar-refractivity contribution in [2.24, 2.45) is 5.73 Å². The summed E-state index contributed by atoms with van der Waals surface area (Å²) in [4.78, 5) is 40.1. The molecule has 1 aromatic heterocycles. The maximum Gasteiger partial charge on any atom is 0.338 e. The van der Waals surface area contributed by atoms with E-state index in [0.717, 1.165) is 25.8 Å². The van der Waals surface area contributed by atoms with E-state index in [-0.39, 0.29) is 30.2 Å². The Balaban J connectivity index is 2.10. The number of esters is 2. The van der Waals surface area contributed by atoms with Crippen molar-refractivity contribution in [3.8, 4) is 0 Å². The molecule has 0 radical (unpaired) electrons. The van der Waals surface area contributed by atoms with Gasteiger partial charge in [-0.3, -0.25) is 9.36 Å². The molecule has 0 spiro atoms. The normalized spacial score (nSPS) is 15.6. The van der Waals surface area contributed by atoms with Gasteiger partial charge in [0, 0.05) is 8.95 Å². The molecule has 0 saturated carbocycles. The van der Waals surface area contributed by atoms with E-state index >= 15 is 0 Å². The van der Waals surface area contributed by atoms with E-state index in [4.69, 9.17) is 15.2 Å². The fraction of sp³-hybridized carbons (Fsp3) is 0.192.